The maximum absolute atomic E-state index is 4.42. The van der Waals surface area contributed by atoms with Gasteiger partial charge in [0.25, 0.3) is 0 Å². The summed E-state index contributed by atoms with van der Waals surface area (Å²) in [6, 6.07) is 0. The molecule has 0 unspecified atom stereocenters. The fourth-order valence-electron chi connectivity index (χ4n) is 1.86. The zero-order valence-electron chi connectivity index (χ0n) is 11.7. The second-order valence-corrected chi connectivity index (χ2v) is 5.66. The van der Waals surface area contributed by atoms with Crippen molar-refractivity contribution >= 4 is 0 Å². The average Bonchev–Trinajstić information content (AvgIpc) is 2.82. The molecule has 2 N–H and O–H groups in total. The lowest BCUT2D eigenvalue weighted by atomic mass is 10.1. The summed E-state index contributed by atoms with van der Waals surface area (Å²) in [5.41, 5.74) is 4.26. The first kappa shape index (κ1) is 12.8. The molecule has 2 rings (SSSR count). The molecule has 0 aromatic carbocycles. The number of aromatic amines is 1. The molecule has 0 saturated carbocycles. The summed E-state index contributed by atoms with van der Waals surface area (Å²) >= 11 is 0. The van der Waals surface area contributed by atoms with Gasteiger partial charge in [0.1, 0.15) is 0 Å². The molecule has 0 saturated heterocycles. The SMILES string of the molecule is Cc1n[nH]c(C)c1-n1cnc(CNC(C)(C)C)c1. The third-order valence-corrected chi connectivity index (χ3v) is 2.78. The number of nitrogens with one attached hydrogen (secondary N) is 2. The Hall–Kier alpha value is -1.62. The molecule has 5 nitrogen and oxygen atoms in total. The number of H-pyrrole nitrogens is 1. The normalized spacial score (nSPS) is 12.1. The second-order valence-electron chi connectivity index (χ2n) is 5.66. The molecule has 0 aliphatic carbocycles. The van der Waals surface area contributed by atoms with E-state index in [0.717, 1.165) is 29.3 Å². The molecule has 0 fully saturated rings. The maximum Gasteiger partial charge on any atom is 0.0996 e. The number of aryl methyl sites for hydroxylation is 2. The van der Waals surface area contributed by atoms with Crippen molar-refractivity contribution < 1.29 is 0 Å². The van der Waals surface area contributed by atoms with Crippen LogP contribution in [0.2, 0.25) is 0 Å². The van der Waals surface area contributed by atoms with E-state index in [1.807, 2.05) is 30.9 Å². The minimum absolute atomic E-state index is 0.102. The Kier molecular flexibility index (Phi) is 3.26. The Bertz CT molecular complexity index is 510. The Morgan fingerprint density at radius 2 is 2.06 bits per heavy atom. The van der Waals surface area contributed by atoms with Gasteiger partial charge in [-0.25, -0.2) is 4.98 Å². The molecule has 0 bridgehead atoms. The molecular formula is C13H21N5. The molecule has 0 spiro atoms. The predicted molar refractivity (Wildman–Crippen MR) is 71.8 cm³/mol. The summed E-state index contributed by atoms with van der Waals surface area (Å²) in [7, 11) is 0. The van der Waals surface area contributed by atoms with Crippen LogP contribution in [-0.2, 0) is 6.54 Å². The smallest absolute Gasteiger partial charge is 0.0996 e. The van der Waals surface area contributed by atoms with E-state index in [0.29, 0.717) is 0 Å². The number of imidazole rings is 1. The highest BCUT2D eigenvalue weighted by atomic mass is 15.2. The van der Waals surface area contributed by atoms with Crippen molar-refractivity contribution in [2.24, 2.45) is 0 Å². The first-order valence-corrected chi connectivity index (χ1v) is 6.16. The van der Waals surface area contributed by atoms with Gasteiger partial charge >= 0.3 is 0 Å². The van der Waals surface area contributed by atoms with Gasteiger partial charge in [-0.05, 0) is 34.6 Å². The van der Waals surface area contributed by atoms with E-state index in [2.05, 4.69) is 41.3 Å². The minimum atomic E-state index is 0.102. The molecule has 2 aromatic heterocycles. The van der Waals surface area contributed by atoms with Crippen LogP contribution in [0, 0.1) is 13.8 Å². The first-order chi connectivity index (χ1) is 8.37. The summed E-state index contributed by atoms with van der Waals surface area (Å²) in [4.78, 5) is 4.42. The fourth-order valence-corrected chi connectivity index (χ4v) is 1.86. The molecule has 18 heavy (non-hydrogen) atoms. The average molecular weight is 247 g/mol. The Morgan fingerprint density at radius 3 is 2.61 bits per heavy atom. The van der Waals surface area contributed by atoms with Gasteiger partial charge in [0, 0.05) is 18.3 Å². The number of aromatic nitrogens is 4. The third-order valence-electron chi connectivity index (χ3n) is 2.78. The monoisotopic (exact) mass is 247 g/mol. The summed E-state index contributed by atoms with van der Waals surface area (Å²) in [6.45, 7) is 11.2. The second kappa shape index (κ2) is 4.57. The lowest BCUT2D eigenvalue weighted by molar-refractivity contribution is 0.421. The topological polar surface area (TPSA) is 58.5 Å². The largest absolute Gasteiger partial charge is 0.306 e. The number of hydrogen-bond donors (Lipinski definition) is 2. The molecule has 0 radical (unpaired) electrons. The Balaban J connectivity index is 2.16. The van der Waals surface area contributed by atoms with E-state index in [-0.39, 0.29) is 5.54 Å². The summed E-state index contributed by atoms with van der Waals surface area (Å²) in [5, 5.41) is 10.6. The standard InChI is InChI=1S/C13H21N5/c1-9-12(10(2)17-16-9)18-7-11(14-8-18)6-15-13(3,4)5/h7-8,15H,6H2,1-5H3,(H,16,17). The van der Waals surface area contributed by atoms with Gasteiger partial charge in [-0.3, -0.25) is 5.10 Å². The van der Waals surface area contributed by atoms with Gasteiger partial charge in [-0.2, -0.15) is 5.10 Å². The van der Waals surface area contributed by atoms with Gasteiger partial charge < -0.3 is 9.88 Å². The number of rotatable bonds is 3. The lowest BCUT2D eigenvalue weighted by Crippen LogP contribution is -2.35. The van der Waals surface area contributed by atoms with Crippen molar-refractivity contribution in [2.45, 2.75) is 46.7 Å². The van der Waals surface area contributed by atoms with Crippen molar-refractivity contribution in [3.05, 3.63) is 29.6 Å². The Morgan fingerprint density at radius 1 is 1.33 bits per heavy atom. The summed E-state index contributed by atoms with van der Waals surface area (Å²) < 4.78 is 2.02. The lowest BCUT2D eigenvalue weighted by Gasteiger charge is -2.19. The highest BCUT2D eigenvalue weighted by molar-refractivity contribution is 5.40. The molecule has 0 aliphatic heterocycles. The van der Waals surface area contributed by atoms with Gasteiger partial charge in [-0.15, -0.1) is 0 Å². The molecule has 98 valence electrons. The van der Waals surface area contributed by atoms with Crippen LogP contribution in [0.1, 0.15) is 37.9 Å². The third kappa shape index (κ3) is 2.79. The maximum atomic E-state index is 4.42. The molecule has 2 aromatic rings. The zero-order valence-corrected chi connectivity index (χ0v) is 11.7. The van der Waals surface area contributed by atoms with E-state index in [9.17, 15) is 0 Å². The van der Waals surface area contributed by atoms with E-state index in [4.69, 9.17) is 0 Å². The van der Waals surface area contributed by atoms with Crippen LogP contribution in [0.5, 0.6) is 0 Å². The van der Waals surface area contributed by atoms with Gasteiger partial charge in [0.15, 0.2) is 0 Å². The molecule has 0 atom stereocenters. The van der Waals surface area contributed by atoms with Crippen LogP contribution in [-0.4, -0.2) is 25.3 Å². The minimum Gasteiger partial charge on any atom is -0.306 e. The van der Waals surface area contributed by atoms with Gasteiger partial charge in [0.05, 0.1) is 29.1 Å². The van der Waals surface area contributed by atoms with Gasteiger partial charge in [-0.1, -0.05) is 0 Å². The van der Waals surface area contributed by atoms with Crippen LogP contribution in [0.25, 0.3) is 5.69 Å². The van der Waals surface area contributed by atoms with Crippen LogP contribution >= 0.6 is 0 Å². The summed E-state index contributed by atoms with van der Waals surface area (Å²) in [6.07, 6.45) is 3.88. The van der Waals surface area contributed by atoms with Crippen molar-refractivity contribution in [1.82, 2.24) is 25.1 Å². The molecule has 2 heterocycles. The van der Waals surface area contributed by atoms with E-state index in [1.54, 1.807) is 0 Å². The molecule has 5 heteroatoms. The predicted octanol–water partition coefficient (Wildman–Crippen LogP) is 2.10. The highest BCUT2D eigenvalue weighted by Crippen LogP contribution is 2.16. The first-order valence-electron chi connectivity index (χ1n) is 6.16. The zero-order chi connectivity index (χ0) is 13.3. The van der Waals surface area contributed by atoms with E-state index in [1.165, 1.54) is 0 Å². The number of nitrogens with zero attached hydrogens (tertiary/aromatic N) is 3. The van der Waals surface area contributed by atoms with Crippen LogP contribution in [0.15, 0.2) is 12.5 Å². The highest BCUT2D eigenvalue weighted by Gasteiger charge is 2.12. The molecule has 0 aliphatic rings. The fraction of sp³-hybridized carbons (Fsp3) is 0.538. The van der Waals surface area contributed by atoms with Crippen LogP contribution in [0.3, 0.4) is 0 Å². The van der Waals surface area contributed by atoms with E-state index >= 15 is 0 Å². The Labute approximate surface area is 108 Å². The molecular weight excluding hydrogens is 226 g/mol. The van der Waals surface area contributed by atoms with Crippen LogP contribution in [0.4, 0.5) is 0 Å². The van der Waals surface area contributed by atoms with Crippen molar-refractivity contribution in [1.29, 1.82) is 0 Å². The van der Waals surface area contributed by atoms with Gasteiger partial charge in [0.2, 0.25) is 0 Å². The van der Waals surface area contributed by atoms with Crippen molar-refractivity contribution in [3.63, 3.8) is 0 Å². The van der Waals surface area contributed by atoms with Crippen LogP contribution < -0.4 is 5.32 Å². The summed E-state index contributed by atoms with van der Waals surface area (Å²) in [5.74, 6) is 0. The number of hydrogen-bond acceptors (Lipinski definition) is 3. The van der Waals surface area contributed by atoms with Crippen molar-refractivity contribution in [2.75, 3.05) is 0 Å². The van der Waals surface area contributed by atoms with Crippen molar-refractivity contribution in [3.8, 4) is 5.69 Å². The quantitative estimate of drug-likeness (QED) is 0.873. The van der Waals surface area contributed by atoms with E-state index < -0.39 is 0 Å². The molecule has 0 amide bonds.